The summed E-state index contributed by atoms with van der Waals surface area (Å²) in [6, 6.07) is 10.1. The molecule has 9 heteroatoms. The number of para-hydroxylation sites is 1. The van der Waals surface area contributed by atoms with Gasteiger partial charge in [0.15, 0.2) is 16.9 Å². The molecule has 0 spiro atoms. The van der Waals surface area contributed by atoms with Gasteiger partial charge in [-0.05, 0) is 50.3 Å². The summed E-state index contributed by atoms with van der Waals surface area (Å²) < 4.78 is 4.20. The smallest absolute Gasteiger partial charge is 0.199 e. The zero-order valence-corrected chi connectivity index (χ0v) is 23.1. The molecule has 37 heavy (non-hydrogen) atoms. The topological polar surface area (TPSA) is 86.9 Å². The van der Waals surface area contributed by atoms with Gasteiger partial charge < -0.3 is 10.0 Å². The molecule has 0 bridgehead atoms. The van der Waals surface area contributed by atoms with Crippen molar-refractivity contribution >= 4 is 32.8 Å². The van der Waals surface area contributed by atoms with Crippen molar-refractivity contribution in [2.24, 2.45) is 4.99 Å². The van der Waals surface area contributed by atoms with Gasteiger partial charge in [0, 0.05) is 43.7 Å². The molecule has 0 saturated heterocycles. The summed E-state index contributed by atoms with van der Waals surface area (Å²) in [7, 11) is -0.0565. The van der Waals surface area contributed by atoms with Crippen LogP contribution in [0.3, 0.4) is 0 Å². The Morgan fingerprint density at radius 3 is 2.62 bits per heavy atom. The fourth-order valence-corrected chi connectivity index (χ4v) is 9.42. The number of aliphatic imine (C=N–C) groups is 1. The molecule has 0 saturated carbocycles. The molecule has 3 aromatic rings. The second-order valence-electron chi connectivity index (χ2n) is 9.63. The van der Waals surface area contributed by atoms with E-state index < -0.39 is 16.4 Å². The Labute approximate surface area is 219 Å². The number of aliphatic hydroxyl groups is 1. The third-order valence-electron chi connectivity index (χ3n) is 7.35. The second-order valence-corrected chi connectivity index (χ2v) is 12.7. The van der Waals surface area contributed by atoms with E-state index in [1.807, 2.05) is 37.3 Å². The van der Waals surface area contributed by atoms with Gasteiger partial charge in [0.2, 0.25) is 0 Å². The van der Waals surface area contributed by atoms with Crippen LogP contribution in [0.15, 0.2) is 62.2 Å². The fraction of sp³-hybridized carbons (Fsp3) is 0.429. The van der Waals surface area contributed by atoms with Crippen LogP contribution in [0.1, 0.15) is 51.8 Å². The van der Waals surface area contributed by atoms with E-state index in [4.69, 9.17) is 0 Å². The van der Waals surface area contributed by atoms with Gasteiger partial charge in [0.05, 0.1) is 21.7 Å². The molecule has 2 atom stereocenters. The highest BCUT2D eigenvalue weighted by atomic mass is 32.3. The summed E-state index contributed by atoms with van der Waals surface area (Å²) in [6.45, 7) is 8.53. The van der Waals surface area contributed by atoms with Crippen LogP contribution < -0.4 is 10.3 Å². The molecule has 0 aliphatic carbocycles. The van der Waals surface area contributed by atoms with Gasteiger partial charge in [-0.2, -0.15) is 0 Å². The van der Waals surface area contributed by atoms with Crippen LogP contribution in [0, 0.1) is 0 Å². The molecule has 5 rings (SSSR count). The zero-order valence-electron chi connectivity index (χ0n) is 22.3. The van der Waals surface area contributed by atoms with Gasteiger partial charge in [-0.3, -0.25) is 14.4 Å². The molecule has 8 nitrogen and oxygen atoms in total. The Balaban J connectivity index is 1.73. The first-order valence-corrected chi connectivity index (χ1v) is 15.0. The van der Waals surface area contributed by atoms with Gasteiger partial charge in [-0.1, -0.05) is 32.1 Å². The Hall–Kier alpha value is -3.01. The van der Waals surface area contributed by atoms with E-state index in [1.54, 1.807) is 7.05 Å². The molecule has 2 unspecified atom stereocenters. The Morgan fingerprint density at radius 1 is 1.22 bits per heavy atom. The fourth-order valence-electron chi connectivity index (χ4n) is 5.70. The number of rotatable bonds is 9. The Bertz CT molecular complexity index is 1460. The number of anilines is 1. The zero-order chi connectivity index (χ0) is 26.3. The number of hydrogen-bond acceptors (Lipinski definition) is 7. The first-order valence-electron chi connectivity index (χ1n) is 13.0. The molecule has 2 aromatic heterocycles. The third-order valence-corrected chi connectivity index (χ3v) is 11.0. The maximum Gasteiger partial charge on any atom is 0.199 e. The van der Waals surface area contributed by atoms with E-state index in [-0.39, 0.29) is 5.43 Å². The molecule has 0 fully saturated rings. The monoisotopic (exact) mass is 520 g/mol. The lowest BCUT2D eigenvalue weighted by molar-refractivity contribution is 0.0731. The van der Waals surface area contributed by atoms with E-state index in [0.717, 1.165) is 47.3 Å². The average molecular weight is 521 g/mol. The van der Waals surface area contributed by atoms with Crippen molar-refractivity contribution in [2.45, 2.75) is 56.2 Å². The van der Waals surface area contributed by atoms with Crippen LogP contribution in [-0.4, -0.2) is 62.8 Å². The number of allylic oxidation sites excluding steroid dienone is 2. The summed E-state index contributed by atoms with van der Waals surface area (Å²) in [6.07, 6.45) is 7.80. The van der Waals surface area contributed by atoms with Crippen LogP contribution in [0.5, 0.6) is 0 Å². The number of fused-ring (bicyclic) bond motifs is 5. The lowest BCUT2D eigenvalue weighted by Gasteiger charge is -2.39. The number of aliphatic hydroxyl groups excluding tert-OH is 1. The second kappa shape index (κ2) is 10.0. The van der Waals surface area contributed by atoms with Crippen molar-refractivity contribution in [1.29, 1.82) is 0 Å². The average Bonchev–Trinajstić information content (AvgIpc) is 3.30. The lowest BCUT2D eigenvalue weighted by atomic mass is 10.1. The number of pyridine rings is 1. The summed E-state index contributed by atoms with van der Waals surface area (Å²) in [4.78, 5) is 21.8. The highest BCUT2D eigenvalue weighted by Gasteiger charge is 2.52. The molecule has 4 heterocycles. The first kappa shape index (κ1) is 25.6. The van der Waals surface area contributed by atoms with Crippen molar-refractivity contribution in [2.75, 3.05) is 37.8 Å². The van der Waals surface area contributed by atoms with Crippen molar-refractivity contribution in [1.82, 2.24) is 19.1 Å². The molecule has 1 N–H and O–H groups in total. The molecule has 0 amide bonds. The highest BCUT2D eigenvalue weighted by Crippen LogP contribution is 2.74. The van der Waals surface area contributed by atoms with Crippen molar-refractivity contribution in [3.8, 4) is 5.69 Å². The standard InChI is InChI=1S/C28H36N6O2S/c1-6-11-19(29-4)14-17-33-27(36)24-25(35)20-18-23(32(15-7-2)16-8-3)30-31-26(20)34-21-12-9-10-13-22(21)37(33,5)28(24)34/h6,9-13,18,27,36H,7-8,14-17H2,1-5H3/b11-6-,29-19?. The highest BCUT2D eigenvalue weighted by molar-refractivity contribution is 8.31. The van der Waals surface area contributed by atoms with Gasteiger partial charge in [0.25, 0.3) is 0 Å². The van der Waals surface area contributed by atoms with Gasteiger partial charge in [-0.25, -0.2) is 4.31 Å². The number of hydrogen-bond donors (Lipinski definition) is 1. The number of nitrogens with zero attached hydrogens (tertiary/aromatic N) is 6. The van der Waals surface area contributed by atoms with E-state index in [2.05, 4.69) is 61.2 Å². The van der Waals surface area contributed by atoms with Crippen LogP contribution >= 0.6 is 10.2 Å². The lowest BCUT2D eigenvalue weighted by Crippen LogP contribution is -2.29. The maximum absolute atomic E-state index is 14.1. The molecular formula is C28H36N6O2S. The minimum Gasteiger partial charge on any atom is -0.373 e. The quantitative estimate of drug-likeness (QED) is 0.407. The Morgan fingerprint density at radius 2 is 1.95 bits per heavy atom. The van der Waals surface area contributed by atoms with Crippen molar-refractivity contribution < 1.29 is 5.11 Å². The van der Waals surface area contributed by atoms with E-state index in [9.17, 15) is 9.90 Å². The molecule has 1 aromatic carbocycles. The van der Waals surface area contributed by atoms with Crippen molar-refractivity contribution in [3.05, 3.63) is 58.3 Å². The van der Waals surface area contributed by atoms with E-state index in [0.29, 0.717) is 35.4 Å². The minimum absolute atomic E-state index is 0.148. The maximum atomic E-state index is 14.1. The predicted octanol–water partition coefficient (Wildman–Crippen LogP) is 4.83. The van der Waals surface area contributed by atoms with Crippen LogP contribution in [0.25, 0.3) is 16.7 Å². The predicted molar refractivity (Wildman–Crippen MR) is 152 cm³/mol. The minimum atomic E-state index is -1.85. The summed E-state index contributed by atoms with van der Waals surface area (Å²) in [5, 5.41) is 22.3. The molecule has 196 valence electrons. The molecule has 2 aliphatic heterocycles. The van der Waals surface area contributed by atoms with Crippen LogP contribution in [-0.2, 0) is 0 Å². The largest absolute Gasteiger partial charge is 0.373 e. The SMILES string of the molecule is C/C=C\C(CCN1C(O)c2c3n(c4nnc(N(CCC)CCC)cc4c2=O)-c2ccccc2S31C)=NC. The number of aromatic nitrogens is 3. The summed E-state index contributed by atoms with van der Waals surface area (Å²) in [5.74, 6) is 0.710. The molecular weight excluding hydrogens is 484 g/mol. The first-order chi connectivity index (χ1) is 17.9. The summed E-state index contributed by atoms with van der Waals surface area (Å²) in [5.41, 5.74) is 2.85. The van der Waals surface area contributed by atoms with Crippen molar-refractivity contribution in [3.63, 3.8) is 0 Å². The van der Waals surface area contributed by atoms with Gasteiger partial charge in [-0.15, -0.1) is 20.4 Å². The van der Waals surface area contributed by atoms with Gasteiger partial charge >= 0.3 is 0 Å². The van der Waals surface area contributed by atoms with Crippen LogP contribution in [0.4, 0.5) is 5.82 Å². The Kier molecular flexibility index (Phi) is 6.95. The summed E-state index contributed by atoms with van der Waals surface area (Å²) >= 11 is 0. The third kappa shape index (κ3) is 3.83. The normalized spacial score (nSPS) is 22.4. The number of benzene rings is 1. The molecule has 2 aliphatic rings. The van der Waals surface area contributed by atoms with E-state index in [1.165, 1.54) is 0 Å². The molecule has 0 radical (unpaired) electrons. The van der Waals surface area contributed by atoms with E-state index >= 15 is 0 Å². The van der Waals surface area contributed by atoms with Gasteiger partial charge in [0.1, 0.15) is 6.23 Å². The van der Waals surface area contributed by atoms with Crippen LogP contribution in [0.2, 0.25) is 0 Å².